The van der Waals surface area contributed by atoms with Crippen LogP contribution in [-0.4, -0.2) is 49.3 Å². The SMILES string of the molecule is CC/C=C/C/C=C/C/C=C/CCCCCCCC(=O)OC[C@H](COP(=O)(O)OCCN)OC(=O)CC/C=C/C/C=C/C/C=C/C/C=C/C/C=C/CCCCC. The van der Waals surface area contributed by atoms with Crippen molar-refractivity contribution in [1.29, 1.82) is 0 Å². The number of hydrogen-bond donors (Lipinski definition) is 2. The summed E-state index contributed by atoms with van der Waals surface area (Å²) in [6, 6.07) is 0. The minimum atomic E-state index is -4.41. The van der Waals surface area contributed by atoms with Gasteiger partial charge in [0.05, 0.1) is 13.2 Å². The fourth-order valence-corrected chi connectivity index (χ4v) is 5.69. The molecule has 0 aromatic heterocycles. The topological polar surface area (TPSA) is 134 Å². The summed E-state index contributed by atoms with van der Waals surface area (Å²) in [6.45, 7) is 3.45. The zero-order valence-corrected chi connectivity index (χ0v) is 35.0. The molecule has 0 aliphatic rings. The Labute approximate surface area is 334 Å². The number of allylic oxidation sites excluding steroid dienone is 16. The molecule has 0 fully saturated rings. The first-order chi connectivity index (χ1) is 26.8. The Morgan fingerprint density at radius 3 is 1.56 bits per heavy atom. The summed E-state index contributed by atoms with van der Waals surface area (Å²) in [7, 11) is -4.41. The average molecular weight is 788 g/mol. The van der Waals surface area contributed by atoms with Gasteiger partial charge in [-0.3, -0.25) is 18.6 Å². The Hall–Kier alpha value is -3.07. The molecule has 3 N–H and O–H groups in total. The molecule has 312 valence electrons. The summed E-state index contributed by atoms with van der Waals surface area (Å²) in [5, 5.41) is 0. The molecule has 0 rings (SSSR count). The van der Waals surface area contributed by atoms with E-state index >= 15 is 0 Å². The molecule has 0 heterocycles. The third-order valence-corrected chi connectivity index (χ3v) is 8.95. The van der Waals surface area contributed by atoms with Gasteiger partial charge in [0.2, 0.25) is 0 Å². The zero-order valence-electron chi connectivity index (χ0n) is 34.1. The predicted molar refractivity (Wildman–Crippen MR) is 228 cm³/mol. The molecule has 55 heavy (non-hydrogen) atoms. The molecule has 9 nitrogen and oxygen atoms in total. The first kappa shape index (κ1) is 51.9. The predicted octanol–water partition coefficient (Wildman–Crippen LogP) is 11.8. The number of nitrogens with two attached hydrogens (primary N) is 1. The molecule has 0 aromatic carbocycles. The van der Waals surface area contributed by atoms with Crippen LogP contribution in [0, 0.1) is 0 Å². The summed E-state index contributed by atoms with van der Waals surface area (Å²) >= 11 is 0. The van der Waals surface area contributed by atoms with Crippen LogP contribution in [0.15, 0.2) is 97.2 Å². The van der Waals surface area contributed by atoms with Gasteiger partial charge in [0.25, 0.3) is 0 Å². The number of unbranched alkanes of at least 4 members (excludes halogenated alkanes) is 8. The minimum absolute atomic E-state index is 0.0341. The Bertz CT molecular complexity index is 1220. The molecule has 0 saturated heterocycles. The van der Waals surface area contributed by atoms with E-state index in [-0.39, 0.29) is 32.6 Å². The molecule has 2 atom stereocenters. The maximum absolute atomic E-state index is 12.5. The van der Waals surface area contributed by atoms with Crippen LogP contribution in [0.2, 0.25) is 0 Å². The van der Waals surface area contributed by atoms with E-state index in [4.69, 9.17) is 24.3 Å². The summed E-state index contributed by atoms with van der Waals surface area (Å²) in [4.78, 5) is 34.8. The van der Waals surface area contributed by atoms with Crippen LogP contribution >= 0.6 is 7.82 Å². The van der Waals surface area contributed by atoms with Crippen molar-refractivity contribution < 1.29 is 37.6 Å². The average Bonchev–Trinajstić information content (AvgIpc) is 3.17. The van der Waals surface area contributed by atoms with Gasteiger partial charge in [0.1, 0.15) is 6.61 Å². The highest BCUT2D eigenvalue weighted by Gasteiger charge is 2.25. The number of rotatable bonds is 37. The lowest BCUT2D eigenvalue weighted by Crippen LogP contribution is -2.29. The van der Waals surface area contributed by atoms with Gasteiger partial charge in [-0.05, 0) is 83.5 Å². The van der Waals surface area contributed by atoms with Crippen LogP contribution in [0.3, 0.4) is 0 Å². The van der Waals surface area contributed by atoms with Crippen LogP contribution < -0.4 is 5.73 Å². The second-order valence-corrected chi connectivity index (χ2v) is 14.6. The molecule has 0 bridgehead atoms. The van der Waals surface area contributed by atoms with E-state index in [0.717, 1.165) is 77.0 Å². The van der Waals surface area contributed by atoms with Gasteiger partial charge in [-0.15, -0.1) is 0 Å². The number of phosphoric ester groups is 1. The van der Waals surface area contributed by atoms with Crippen LogP contribution in [0.1, 0.15) is 142 Å². The van der Waals surface area contributed by atoms with Gasteiger partial charge in [0.15, 0.2) is 6.10 Å². The van der Waals surface area contributed by atoms with Crippen molar-refractivity contribution in [1.82, 2.24) is 0 Å². The van der Waals surface area contributed by atoms with E-state index in [0.29, 0.717) is 12.8 Å². The molecule has 1 unspecified atom stereocenters. The Morgan fingerprint density at radius 2 is 1.04 bits per heavy atom. The molecular weight excluding hydrogens is 713 g/mol. The van der Waals surface area contributed by atoms with E-state index in [2.05, 4.69) is 98.9 Å². The molecule has 0 aliphatic carbocycles. The molecule has 0 aromatic rings. The fourth-order valence-electron chi connectivity index (χ4n) is 4.92. The van der Waals surface area contributed by atoms with Gasteiger partial charge >= 0.3 is 19.8 Å². The lowest BCUT2D eigenvalue weighted by atomic mass is 10.1. The van der Waals surface area contributed by atoms with Crippen molar-refractivity contribution in [3.63, 3.8) is 0 Å². The number of carbonyl (C=O) groups excluding carboxylic acids is 2. The molecule has 0 saturated carbocycles. The van der Waals surface area contributed by atoms with E-state index in [1.54, 1.807) is 0 Å². The molecule has 10 heteroatoms. The summed E-state index contributed by atoms with van der Waals surface area (Å²) in [5.41, 5.74) is 5.33. The number of hydrogen-bond acceptors (Lipinski definition) is 8. The zero-order chi connectivity index (χ0) is 40.3. The van der Waals surface area contributed by atoms with Gasteiger partial charge in [-0.2, -0.15) is 0 Å². The van der Waals surface area contributed by atoms with Crippen molar-refractivity contribution in [3.05, 3.63) is 97.2 Å². The normalized spacial score (nSPS) is 14.3. The van der Waals surface area contributed by atoms with E-state index in [9.17, 15) is 19.0 Å². The maximum atomic E-state index is 12.5. The number of phosphoric acid groups is 1. The summed E-state index contributed by atoms with van der Waals surface area (Å²) in [5.74, 6) is -0.956. The van der Waals surface area contributed by atoms with Crippen molar-refractivity contribution in [2.75, 3.05) is 26.4 Å². The quantitative estimate of drug-likeness (QED) is 0.0273. The second-order valence-electron chi connectivity index (χ2n) is 13.1. The first-order valence-corrected chi connectivity index (χ1v) is 22.2. The Kier molecular flexibility index (Phi) is 38.3. The van der Waals surface area contributed by atoms with Crippen LogP contribution in [0.5, 0.6) is 0 Å². The molecule has 0 amide bonds. The van der Waals surface area contributed by atoms with Gasteiger partial charge in [0, 0.05) is 19.4 Å². The van der Waals surface area contributed by atoms with E-state index < -0.39 is 32.5 Å². The van der Waals surface area contributed by atoms with Crippen molar-refractivity contribution in [2.24, 2.45) is 5.73 Å². The fraction of sp³-hybridized carbons (Fsp3) is 0.600. The largest absolute Gasteiger partial charge is 0.472 e. The lowest BCUT2D eigenvalue weighted by Gasteiger charge is -2.19. The maximum Gasteiger partial charge on any atom is 0.472 e. The number of carbonyl (C=O) groups is 2. The van der Waals surface area contributed by atoms with Crippen molar-refractivity contribution >= 4 is 19.8 Å². The van der Waals surface area contributed by atoms with Crippen molar-refractivity contribution in [2.45, 2.75) is 148 Å². The number of ether oxygens (including phenoxy) is 2. The molecule has 0 spiro atoms. The summed E-state index contributed by atoms with van der Waals surface area (Å²) in [6.07, 6.45) is 51.6. The third-order valence-electron chi connectivity index (χ3n) is 7.97. The number of esters is 2. The third kappa shape index (κ3) is 40.4. The van der Waals surface area contributed by atoms with E-state index in [1.165, 1.54) is 25.7 Å². The lowest BCUT2D eigenvalue weighted by molar-refractivity contribution is -0.161. The highest BCUT2D eigenvalue weighted by Crippen LogP contribution is 2.43. The molecule has 0 aliphatic heterocycles. The van der Waals surface area contributed by atoms with Crippen LogP contribution in [0.25, 0.3) is 0 Å². The van der Waals surface area contributed by atoms with Crippen LogP contribution in [-0.2, 0) is 32.7 Å². The minimum Gasteiger partial charge on any atom is -0.462 e. The molecule has 0 radical (unpaired) electrons. The smallest absolute Gasteiger partial charge is 0.462 e. The van der Waals surface area contributed by atoms with Gasteiger partial charge in [-0.25, -0.2) is 4.57 Å². The van der Waals surface area contributed by atoms with Crippen molar-refractivity contribution in [3.8, 4) is 0 Å². The highest BCUT2D eigenvalue weighted by molar-refractivity contribution is 7.47. The van der Waals surface area contributed by atoms with Gasteiger partial charge < -0.3 is 20.1 Å². The highest BCUT2D eigenvalue weighted by atomic mass is 31.2. The summed E-state index contributed by atoms with van der Waals surface area (Å²) < 4.78 is 32.6. The standard InChI is InChI=1S/C45H74NO8P/c1-3-5-7-9-11-13-15-17-19-20-21-22-24-26-28-30-32-34-36-38-45(48)54-43(42-53-55(49,50)52-40-39-46)41-51-44(47)37-35-33-31-29-27-25-23-18-16-14-12-10-8-6-4-2/h6,8,11-14,17-19,21-23,26,28,32,34,43H,3-5,7,9-10,15-16,20,24-25,27,29-31,33,35-42,46H2,1-2H3,(H,49,50)/b8-6+,13-11+,14-12+,19-17+,22-21+,23-18+,28-26+,34-32+/t43-/m1/s1. The monoisotopic (exact) mass is 788 g/mol. The Morgan fingerprint density at radius 1 is 0.564 bits per heavy atom. The van der Waals surface area contributed by atoms with E-state index in [1.807, 2.05) is 12.2 Å². The van der Waals surface area contributed by atoms with Crippen LogP contribution in [0.4, 0.5) is 0 Å². The molecular formula is C45H74NO8P. The second kappa shape index (κ2) is 40.6. The first-order valence-electron chi connectivity index (χ1n) is 20.7. The van der Waals surface area contributed by atoms with Gasteiger partial charge in [-0.1, -0.05) is 143 Å². The Balaban J connectivity index is 4.37.